The molecule has 0 fully saturated rings. The summed E-state index contributed by atoms with van der Waals surface area (Å²) in [7, 11) is 1.39. The number of benzene rings is 1. The van der Waals surface area contributed by atoms with Gasteiger partial charge in [0.15, 0.2) is 11.6 Å². The zero-order valence-corrected chi connectivity index (χ0v) is 18.1. The third-order valence-corrected chi connectivity index (χ3v) is 5.79. The van der Waals surface area contributed by atoms with E-state index in [0.717, 1.165) is 49.4 Å². The third-order valence-electron chi connectivity index (χ3n) is 5.79. The second-order valence-corrected chi connectivity index (χ2v) is 7.97. The van der Waals surface area contributed by atoms with Crippen LogP contribution >= 0.6 is 0 Å². The average molecular weight is 439 g/mol. The Kier molecular flexibility index (Phi) is 6.68. The van der Waals surface area contributed by atoms with Gasteiger partial charge in [-0.25, -0.2) is 9.37 Å². The Labute approximate surface area is 186 Å². The number of hydrogen-bond acceptors (Lipinski definition) is 5. The van der Waals surface area contributed by atoms with Crippen LogP contribution in [0.5, 0.6) is 5.75 Å². The Morgan fingerprint density at radius 2 is 2.16 bits per heavy atom. The quantitative estimate of drug-likeness (QED) is 0.525. The molecule has 168 valence electrons. The molecule has 1 atom stereocenters. The summed E-state index contributed by atoms with van der Waals surface area (Å²) < 4.78 is 21.0. The highest BCUT2D eigenvalue weighted by Gasteiger charge is 2.22. The molecule has 7 nitrogen and oxygen atoms in total. The highest BCUT2D eigenvalue weighted by atomic mass is 19.1. The Morgan fingerprint density at radius 1 is 1.28 bits per heavy atom. The van der Waals surface area contributed by atoms with Crippen molar-refractivity contribution in [1.29, 1.82) is 0 Å². The van der Waals surface area contributed by atoms with Crippen LogP contribution in [0.1, 0.15) is 47.8 Å². The maximum Gasteiger partial charge on any atom is 0.305 e. The van der Waals surface area contributed by atoms with Crippen LogP contribution in [0.15, 0.2) is 42.6 Å². The van der Waals surface area contributed by atoms with Crippen LogP contribution in [0.4, 0.5) is 10.2 Å². The number of aromatic nitrogens is 3. The van der Waals surface area contributed by atoms with Gasteiger partial charge in [0.2, 0.25) is 0 Å². The van der Waals surface area contributed by atoms with Crippen molar-refractivity contribution >= 4 is 11.8 Å². The van der Waals surface area contributed by atoms with Crippen LogP contribution in [-0.4, -0.2) is 39.5 Å². The Bertz CT molecular complexity index is 1100. The lowest BCUT2D eigenvalue weighted by Gasteiger charge is -2.20. The van der Waals surface area contributed by atoms with Gasteiger partial charge in [0.25, 0.3) is 0 Å². The number of nitrogens with zero attached hydrogens (tertiary/aromatic N) is 3. The summed E-state index contributed by atoms with van der Waals surface area (Å²) in [5.74, 6) is -0.392. The maximum absolute atomic E-state index is 14.3. The fourth-order valence-electron chi connectivity index (χ4n) is 4.18. The normalized spacial score (nSPS) is 13.8. The predicted molar refractivity (Wildman–Crippen MR) is 119 cm³/mol. The Balaban J connectivity index is 1.49. The van der Waals surface area contributed by atoms with E-state index in [2.05, 4.69) is 22.5 Å². The van der Waals surface area contributed by atoms with Crippen molar-refractivity contribution in [1.82, 2.24) is 14.8 Å². The molecule has 4 rings (SSSR count). The van der Waals surface area contributed by atoms with Crippen molar-refractivity contribution in [2.45, 2.75) is 44.6 Å². The van der Waals surface area contributed by atoms with Crippen molar-refractivity contribution in [3.63, 3.8) is 0 Å². The van der Waals surface area contributed by atoms with Crippen LogP contribution in [0.25, 0.3) is 0 Å². The lowest BCUT2D eigenvalue weighted by Crippen LogP contribution is -2.19. The van der Waals surface area contributed by atoms with Gasteiger partial charge in [-0.15, -0.1) is 0 Å². The van der Waals surface area contributed by atoms with Gasteiger partial charge in [0, 0.05) is 24.1 Å². The number of ether oxygens (including phenoxy) is 1. The highest BCUT2D eigenvalue weighted by Crippen LogP contribution is 2.28. The smallest absolute Gasteiger partial charge is 0.305 e. The molecule has 0 bridgehead atoms. The van der Waals surface area contributed by atoms with Crippen molar-refractivity contribution in [3.8, 4) is 5.75 Å². The SMILES string of the molecule is COc1ccc(C(CC(=O)O)n2nccc2CCCc2ccc3c(n2)NCCC3)cc1F. The second-order valence-electron chi connectivity index (χ2n) is 7.97. The number of nitrogens with one attached hydrogen (secondary N) is 1. The number of pyridine rings is 1. The number of hydrogen-bond donors (Lipinski definition) is 2. The lowest BCUT2D eigenvalue weighted by molar-refractivity contribution is -0.137. The minimum absolute atomic E-state index is 0.121. The number of fused-ring (bicyclic) bond motifs is 1. The second kappa shape index (κ2) is 9.80. The molecule has 32 heavy (non-hydrogen) atoms. The molecule has 1 aliphatic rings. The third kappa shape index (κ3) is 4.90. The number of aryl methyl sites for hydroxylation is 3. The summed E-state index contributed by atoms with van der Waals surface area (Å²) in [6.45, 7) is 0.958. The van der Waals surface area contributed by atoms with Crippen LogP contribution < -0.4 is 10.1 Å². The van der Waals surface area contributed by atoms with Gasteiger partial charge in [0.05, 0.1) is 19.6 Å². The van der Waals surface area contributed by atoms with Gasteiger partial charge < -0.3 is 15.2 Å². The first-order chi connectivity index (χ1) is 15.5. The van der Waals surface area contributed by atoms with E-state index < -0.39 is 17.8 Å². The maximum atomic E-state index is 14.3. The first-order valence-corrected chi connectivity index (χ1v) is 10.9. The number of anilines is 1. The standard InChI is InChI=1S/C24H27FN4O3/c1-32-22-10-8-17(14-20(22)25)21(15-23(30)31)29-19(11-13-27-29)6-2-5-18-9-7-16-4-3-12-26-24(16)28-18/h7-11,13-14,21H,2-6,12,15H2,1H3,(H,26,28)(H,30,31). The van der Waals surface area contributed by atoms with Crippen LogP contribution in [0, 0.1) is 5.82 Å². The van der Waals surface area contributed by atoms with Crippen molar-refractivity contribution < 1.29 is 19.0 Å². The van der Waals surface area contributed by atoms with Gasteiger partial charge in [-0.05, 0) is 67.5 Å². The van der Waals surface area contributed by atoms with Gasteiger partial charge in [-0.3, -0.25) is 9.48 Å². The molecule has 2 N–H and O–H groups in total. The largest absolute Gasteiger partial charge is 0.494 e. The fraction of sp³-hybridized carbons (Fsp3) is 0.375. The number of carbonyl (C=O) groups is 1. The first kappa shape index (κ1) is 21.8. The predicted octanol–water partition coefficient (Wildman–Crippen LogP) is 4.02. The molecule has 1 aromatic carbocycles. The minimum atomic E-state index is -0.974. The number of carboxylic acids is 1. The number of carboxylic acid groups (broad SMARTS) is 1. The molecule has 8 heteroatoms. The van der Waals surface area contributed by atoms with E-state index in [9.17, 15) is 14.3 Å². The summed E-state index contributed by atoms with van der Waals surface area (Å²) >= 11 is 0. The lowest BCUT2D eigenvalue weighted by atomic mass is 10.0. The minimum Gasteiger partial charge on any atom is -0.494 e. The van der Waals surface area contributed by atoms with E-state index in [1.54, 1.807) is 16.9 Å². The van der Waals surface area contributed by atoms with Gasteiger partial charge >= 0.3 is 5.97 Å². The molecule has 2 aromatic heterocycles. The highest BCUT2D eigenvalue weighted by molar-refractivity contribution is 5.68. The van der Waals surface area contributed by atoms with E-state index in [-0.39, 0.29) is 12.2 Å². The Morgan fingerprint density at radius 3 is 2.94 bits per heavy atom. The molecule has 3 aromatic rings. The molecule has 0 amide bonds. The molecule has 0 aliphatic carbocycles. The monoisotopic (exact) mass is 438 g/mol. The van der Waals surface area contributed by atoms with E-state index >= 15 is 0 Å². The van der Waals surface area contributed by atoms with Crippen molar-refractivity contribution in [2.24, 2.45) is 0 Å². The number of rotatable bonds is 9. The van der Waals surface area contributed by atoms with Gasteiger partial charge in [0.1, 0.15) is 5.82 Å². The topological polar surface area (TPSA) is 89.3 Å². The first-order valence-electron chi connectivity index (χ1n) is 10.9. The summed E-state index contributed by atoms with van der Waals surface area (Å²) in [6.07, 6.45) is 6.01. The molecule has 3 heterocycles. The molecule has 0 radical (unpaired) electrons. The molecule has 1 aliphatic heterocycles. The van der Waals surface area contributed by atoms with E-state index in [1.165, 1.54) is 24.8 Å². The van der Waals surface area contributed by atoms with Crippen molar-refractivity contribution in [2.75, 3.05) is 19.0 Å². The molecule has 0 spiro atoms. The summed E-state index contributed by atoms with van der Waals surface area (Å²) in [5.41, 5.74) is 3.74. The number of halogens is 1. The molecule has 0 saturated heterocycles. The molecule has 1 unspecified atom stereocenters. The number of methoxy groups -OCH3 is 1. The average Bonchev–Trinajstić information content (AvgIpc) is 3.25. The van der Waals surface area contributed by atoms with E-state index in [4.69, 9.17) is 9.72 Å². The van der Waals surface area contributed by atoms with E-state index in [0.29, 0.717) is 12.0 Å². The summed E-state index contributed by atoms with van der Waals surface area (Å²) in [6, 6.07) is 10.0. The van der Waals surface area contributed by atoms with Gasteiger partial charge in [-0.1, -0.05) is 12.1 Å². The van der Waals surface area contributed by atoms with Gasteiger partial charge in [-0.2, -0.15) is 5.10 Å². The molecular formula is C24H27FN4O3. The summed E-state index contributed by atoms with van der Waals surface area (Å²) in [5, 5.41) is 17.2. The zero-order chi connectivity index (χ0) is 22.5. The van der Waals surface area contributed by atoms with Crippen LogP contribution in [0.2, 0.25) is 0 Å². The van der Waals surface area contributed by atoms with E-state index in [1.807, 2.05) is 6.07 Å². The summed E-state index contributed by atoms with van der Waals surface area (Å²) in [4.78, 5) is 16.3. The molecular weight excluding hydrogens is 411 g/mol. The fourth-order valence-corrected chi connectivity index (χ4v) is 4.18. The van der Waals surface area contributed by atoms with Crippen LogP contribution in [0.3, 0.4) is 0 Å². The Hall–Kier alpha value is -3.42. The number of aliphatic carboxylic acids is 1. The molecule has 0 saturated carbocycles. The van der Waals surface area contributed by atoms with Crippen LogP contribution in [-0.2, 0) is 24.1 Å². The van der Waals surface area contributed by atoms with Crippen molar-refractivity contribution in [3.05, 3.63) is 70.9 Å². The zero-order valence-electron chi connectivity index (χ0n) is 18.1.